The average molecular weight is 370 g/mol. The number of hydrogen-bond donors (Lipinski definition) is 1. The predicted molar refractivity (Wildman–Crippen MR) is 102 cm³/mol. The molecule has 1 aliphatic heterocycles. The van der Waals surface area contributed by atoms with Crippen molar-refractivity contribution >= 4 is 23.3 Å². The Morgan fingerprint density at radius 2 is 1.74 bits per heavy atom. The maximum Gasteiger partial charge on any atom is 0.338 e. The smallest absolute Gasteiger partial charge is 0.338 e. The summed E-state index contributed by atoms with van der Waals surface area (Å²) in [5.74, 6) is 0.262. The topological polar surface area (TPSA) is 77.1 Å². The largest absolute Gasteiger partial charge is 0.490 e. The van der Waals surface area contributed by atoms with E-state index in [9.17, 15) is 9.59 Å². The molecular weight excluding hydrogens is 348 g/mol. The monoisotopic (exact) mass is 370 g/mol. The van der Waals surface area contributed by atoms with E-state index in [1.54, 1.807) is 30.3 Å². The molecule has 1 heterocycles. The first-order valence-corrected chi connectivity index (χ1v) is 8.67. The quantitative estimate of drug-likeness (QED) is 0.816. The lowest BCUT2D eigenvalue weighted by Gasteiger charge is -2.12. The Labute approximate surface area is 157 Å². The summed E-state index contributed by atoms with van der Waals surface area (Å²) in [5, 5.41) is 2.68. The van der Waals surface area contributed by atoms with E-state index in [1.165, 1.54) is 0 Å². The highest BCUT2D eigenvalue weighted by molar-refractivity contribution is 5.95. The fourth-order valence-electron chi connectivity index (χ4n) is 2.55. The molecular formula is C20H22N2O5. The number of hydrogen-bond acceptors (Lipinski definition) is 6. The number of amides is 1. The minimum atomic E-state index is -0.547. The van der Waals surface area contributed by atoms with E-state index in [0.29, 0.717) is 36.0 Å². The van der Waals surface area contributed by atoms with Crippen molar-refractivity contribution in [2.24, 2.45) is 0 Å². The van der Waals surface area contributed by atoms with Crippen LogP contribution in [0.25, 0.3) is 0 Å². The third kappa shape index (κ3) is 4.91. The van der Waals surface area contributed by atoms with Gasteiger partial charge in [-0.1, -0.05) is 0 Å². The van der Waals surface area contributed by atoms with Crippen molar-refractivity contribution in [2.75, 3.05) is 44.1 Å². The van der Waals surface area contributed by atoms with Crippen LogP contribution in [0.2, 0.25) is 0 Å². The molecule has 1 aliphatic rings. The number of anilines is 2. The SMILES string of the molecule is CN(C)c1ccc(C(=O)OCC(=O)Nc2ccc3c(c2)OCCCO3)cc1. The van der Waals surface area contributed by atoms with Gasteiger partial charge in [0.15, 0.2) is 18.1 Å². The third-order valence-electron chi connectivity index (χ3n) is 3.99. The second kappa shape index (κ2) is 8.44. The number of fused-ring (bicyclic) bond motifs is 1. The van der Waals surface area contributed by atoms with Gasteiger partial charge in [0.1, 0.15) is 0 Å². The standard InChI is InChI=1S/C20H22N2O5/c1-22(2)16-7-4-14(5-8-16)20(24)27-13-19(23)21-15-6-9-17-18(12-15)26-11-3-10-25-17/h4-9,12H,3,10-11,13H2,1-2H3,(H,21,23). The summed E-state index contributed by atoms with van der Waals surface area (Å²) in [6.07, 6.45) is 0.807. The molecule has 3 rings (SSSR count). The van der Waals surface area contributed by atoms with Gasteiger partial charge in [0.2, 0.25) is 0 Å². The number of carbonyl (C=O) groups excluding carboxylic acids is 2. The van der Waals surface area contributed by atoms with Gasteiger partial charge in [0.05, 0.1) is 18.8 Å². The molecule has 1 amide bonds. The highest BCUT2D eigenvalue weighted by Gasteiger charge is 2.14. The lowest BCUT2D eigenvalue weighted by atomic mass is 10.2. The van der Waals surface area contributed by atoms with Crippen LogP contribution >= 0.6 is 0 Å². The van der Waals surface area contributed by atoms with E-state index < -0.39 is 11.9 Å². The van der Waals surface area contributed by atoms with Crippen molar-refractivity contribution < 1.29 is 23.8 Å². The fraction of sp³-hybridized carbons (Fsp3) is 0.300. The molecule has 0 radical (unpaired) electrons. The van der Waals surface area contributed by atoms with Gasteiger partial charge in [-0.2, -0.15) is 0 Å². The number of nitrogens with zero attached hydrogens (tertiary/aromatic N) is 1. The maximum absolute atomic E-state index is 12.1. The minimum Gasteiger partial charge on any atom is -0.490 e. The fourth-order valence-corrected chi connectivity index (χ4v) is 2.55. The van der Waals surface area contributed by atoms with Crippen LogP contribution < -0.4 is 19.7 Å². The van der Waals surface area contributed by atoms with Crippen LogP contribution in [0.15, 0.2) is 42.5 Å². The highest BCUT2D eigenvalue weighted by atomic mass is 16.5. The van der Waals surface area contributed by atoms with E-state index in [0.717, 1.165) is 12.1 Å². The van der Waals surface area contributed by atoms with E-state index in [4.69, 9.17) is 14.2 Å². The van der Waals surface area contributed by atoms with Gasteiger partial charge in [-0.3, -0.25) is 4.79 Å². The van der Waals surface area contributed by atoms with Crippen LogP contribution in [0.3, 0.4) is 0 Å². The number of nitrogens with one attached hydrogen (secondary N) is 1. The van der Waals surface area contributed by atoms with E-state index in [-0.39, 0.29) is 6.61 Å². The highest BCUT2D eigenvalue weighted by Crippen LogP contribution is 2.32. The first-order valence-electron chi connectivity index (χ1n) is 8.67. The van der Waals surface area contributed by atoms with Crippen LogP contribution in [0.4, 0.5) is 11.4 Å². The third-order valence-corrected chi connectivity index (χ3v) is 3.99. The molecule has 0 spiro atoms. The van der Waals surface area contributed by atoms with Crippen molar-refractivity contribution in [3.63, 3.8) is 0 Å². The summed E-state index contributed by atoms with van der Waals surface area (Å²) in [6.45, 7) is 0.793. The van der Waals surface area contributed by atoms with Crippen molar-refractivity contribution in [3.8, 4) is 11.5 Å². The van der Waals surface area contributed by atoms with Crippen LogP contribution in [0.1, 0.15) is 16.8 Å². The second-order valence-electron chi connectivity index (χ2n) is 6.28. The normalized spacial score (nSPS) is 12.7. The van der Waals surface area contributed by atoms with Crippen LogP contribution in [0, 0.1) is 0 Å². The van der Waals surface area contributed by atoms with E-state index in [2.05, 4.69) is 5.32 Å². The summed E-state index contributed by atoms with van der Waals surface area (Å²) in [5.41, 5.74) is 1.92. The molecule has 7 nitrogen and oxygen atoms in total. The lowest BCUT2D eigenvalue weighted by molar-refractivity contribution is -0.119. The molecule has 7 heteroatoms. The van der Waals surface area contributed by atoms with Crippen molar-refractivity contribution in [2.45, 2.75) is 6.42 Å². The number of rotatable bonds is 5. The zero-order valence-corrected chi connectivity index (χ0v) is 15.4. The molecule has 2 aromatic rings. The molecule has 2 aromatic carbocycles. The second-order valence-corrected chi connectivity index (χ2v) is 6.28. The summed E-state index contributed by atoms with van der Waals surface area (Å²) in [4.78, 5) is 26.0. The van der Waals surface area contributed by atoms with Crippen LogP contribution in [-0.2, 0) is 9.53 Å². The van der Waals surface area contributed by atoms with E-state index >= 15 is 0 Å². The molecule has 0 fully saturated rings. The summed E-state index contributed by atoms with van der Waals surface area (Å²) < 4.78 is 16.2. The minimum absolute atomic E-state index is 0.372. The van der Waals surface area contributed by atoms with Gasteiger partial charge in [0.25, 0.3) is 5.91 Å². The Hall–Kier alpha value is -3.22. The molecule has 0 bridgehead atoms. The van der Waals surface area contributed by atoms with Gasteiger partial charge in [-0.25, -0.2) is 4.79 Å². The summed E-state index contributed by atoms with van der Waals surface area (Å²) in [6, 6.07) is 12.1. The van der Waals surface area contributed by atoms with Gasteiger partial charge < -0.3 is 24.4 Å². The molecule has 1 N–H and O–H groups in total. The Balaban J connectivity index is 1.53. The number of carbonyl (C=O) groups is 2. The Morgan fingerprint density at radius 3 is 2.44 bits per heavy atom. The Morgan fingerprint density at radius 1 is 1.04 bits per heavy atom. The molecule has 0 saturated heterocycles. The van der Waals surface area contributed by atoms with Crippen molar-refractivity contribution in [1.29, 1.82) is 0 Å². The van der Waals surface area contributed by atoms with Gasteiger partial charge >= 0.3 is 5.97 Å². The van der Waals surface area contributed by atoms with Gasteiger partial charge in [-0.05, 0) is 36.4 Å². The number of esters is 1. The maximum atomic E-state index is 12.1. The lowest BCUT2D eigenvalue weighted by Crippen LogP contribution is -2.21. The zero-order chi connectivity index (χ0) is 19.2. The number of benzene rings is 2. The van der Waals surface area contributed by atoms with Crippen molar-refractivity contribution in [1.82, 2.24) is 0 Å². The first kappa shape index (κ1) is 18.6. The Kier molecular flexibility index (Phi) is 5.80. The first-order chi connectivity index (χ1) is 13.0. The predicted octanol–water partition coefficient (Wildman–Crippen LogP) is 2.71. The van der Waals surface area contributed by atoms with Gasteiger partial charge in [0, 0.05) is 38.0 Å². The average Bonchev–Trinajstić information content (AvgIpc) is 2.91. The van der Waals surface area contributed by atoms with Crippen LogP contribution in [-0.4, -0.2) is 45.8 Å². The summed E-state index contributed by atoms with van der Waals surface area (Å²) in [7, 11) is 3.83. The molecule has 0 aromatic heterocycles. The Bertz CT molecular complexity index is 818. The molecule has 0 unspecified atom stereocenters. The molecule has 142 valence electrons. The molecule has 27 heavy (non-hydrogen) atoms. The zero-order valence-electron chi connectivity index (χ0n) is 15.4. The van der Waals surface area contributed by atoms with Crippen molar-refractivity contribution in [3.05, 3.63) is 48.0 Å². The van der Waals surface area contributed by atoms with Crippen LogP contribution in [0.5, 0.6) is 11.5 Å². The molecule has 0 atom stereocenters. The van der Waals surface area contributed by atoms with E-state index in [1.807, 2.05) is 31.1 Å². The molecule has 0 aliphatic carbocycles. The number of ether oxygens (including phenoxy) is 3. The summed E-state index contributed by atoms with van der Waals surface area (Å²) >= 11 is 0. The van der Waals surface area contributed by atoms with Gasteiger partial charge in [-0.15, -0.1) is 0 Å². The molecule has 0 saturated carbocycles.